The van der Waals surface area contributed by atoms with Crippen molar-refractivity contribution < 1.29 is 14.3 Å². The Balaban J connectivity index is 1.56. The third-order valence-electron chi connectivity index (χ3n) is 5.09. The molecule has 3 rings (SSSR count). The number of rotatable bonds is 4. The molecule has 2 aliphatic heterocycles. The summed E-state index contributed by atoms with van der Waals surface area (Å²) in [5.74, 6) is 0.155. The maximum atomic E-state index is 12.8. The summed E-state index contributed by atoms with van der Waals surface area (Å²) in [5, 5.41) is 2.99. The van der Waals surface area contributed by atoms with Gasteiger partial charge in [0, 0.05) is 13.2 Å². The molecule has 1 saturated carbocycles. The summed E-state index contributed by atoms with van der Waals surface area (Å²) in [6.07, 6.45) is 9.44. The zero-order valence-electron chi connectivity index (χ0n) is 12.7. The van der Waals surface area contributed by atoms with E-state index in [1.165, 1.54) is 6.42 Å². The molecule has 1 unspecified atom stereocenters. The third-order valence-corrected chi connectivity index (χ3v) is 5.09. The van der Waals surface area contributed by atoms with E-state index < -0.39 is 5.54 Å². The van der Waals surface area contributed by atoms with Crippen LogP contribution < -0.4 is 5.32 Å². The standard InChI is InChI=1S/C16H26N2O3/c19-14-12-18(10-4-6-13-7-5-11-21-13)15(20)16(17-14)8-2-1-3-9-16/h13H,1-12H2,(H,17,19). The molecule has 21 heavy (non-hydrogen) atoms. The summed E-state index contributed by atoms with van der Waals surface area (Å²) < 4.78 is 5.62. The van der Waals surface area contributed by atoms with E-state index in [1.54, 1.807) is 4.90 Å². The minimum absolute atomic E-state index is 0.00798. The van der Waals surface area contributed by atoms with Crippen molar-refractivity contribution in [3.05, 3.63) is 0 Å². The lowest BCUT2D eigenvalue weighted by atomic mass is 9.79. The molecule has 2 heterocycles. The summed E-state index contributed by atoms with van der Waals surface area (Å²) in [7, 11) is 0. The van der Waals surface area contributed by atoms with E-state index in [0.717, 1.165) is 58.0 Å². The van der Waals surface area contributed by atoms with Gasteiger partial charge in [0.05, 0.1) is 12.6 Å². The minimum Gasteiger partial charge on any atom is -0.378 e. The van der Waals surface area contributed by atoms with Crippen LogP contribution in [0.4, 0.5) is 0 Å². The molecule has 0 bridgehead atoms. The van der Waals surface area contributed by atoms with Gasteiger partial charge in [-0.05, 0) is 38.5 Å². The number of amides is 2. The molecule has 5 heteroatoms. The Morgan fingerprint density at radius 3 is 2.71 bits per heavy atom. The second-order valence-electron chi connectivity index (χ2n) is 6.69. The Hall–Kier alpha value is -1.10. The highest BCUT2D eigenvalue weighted by atomic mass is 16.5. The van der Waals surface area contributed by atoms with Crippen LogP contribution in [0.25, 0.3) is 0 Å². The van der Waals surface area contributed by atoms with Crippen molar-refractivity contribution in [2.24, 2.45) is 0 Å². The summed E-state index contributed by atoms with van der Waals surface area (Å²) in [6.45, 7) is 1.79. The van der Waals surface area contributed by atoms with Crippen molar-refractivity contribution in [1.82, 2.24) is 10.2 Å². The molecular weight excluding hydrogens is 268 g/mol. The van der Waals surface area contributed by atoms with E-state index in [-0.39, 0.29) is 18.4 Å². The Morgan fingerprint density at radius 1 is 1.19 bits per heavy atom. The first kappa shape index (κ1) is 14.8. The van der Waals surface area contributed by atoms with Gasteiger partial charge in [0.25, 0.3) is 0 Å². The van der Waals surface area contributed by atoms with E-state index in [2.05, 4.69) is 5.32 Å². The van der Waals surface area contributed by atoms with Crippen LogP contribution in [0.5, 0.6) is 0 Å². The van der Waals surface area contributed by atoms with Gasteiger partial charge in [0.1, 0.15) is 5.54 Å². The van der Waals surface area contributed by atoms with E-state index in [0.29, 0.717) is 12.6 Å². The van der Waals surface area contributed by atoms with Gasteiger partial charge in [-0.15, -0.1) is 0 Å². The number of piperazine rings is 1. The van der Waals surface area contributed by atoms with Gasteiger partial charge in [-0.3, -0.25) is 9.59 Å². The molecular formula is C16H26N2O3. The van der Waals surface area contributed by atoms with E-state index >= 15 is 0 Å². The summed E-state index contributed by atoms with van der Waals surface area (Å²) in [5.41, 5.74) is -0.586. The quantitative estimate of drug-likeness (QED) is 0.857. The van der Waals surface area contributed by atoms with Crippen LogP contribution in [0.1, 0.15) is 57.8 Å². The summed E-state index contributed by atoms with van der Waals surface area (Å²) in [4.78, 5) is 26.5. The number of ether oxygens (including phenoxy) is 1. The van der Waals surface area contributed by atoms with Gasteiger partial charge in [0.15, 0.2) is 0 Å². The largest absolute Gasteiger partial charge is 0.378 e. The van der Waals surface area contributed by atoms with Crippen LogP contribution in [0.3, 0.4) is 0 Å². The van der Waals surface area contributed by atoms with E-state index in [1.807, 2.05) is 0 Å². The van der Waals surface area contributed by atoms with Crippen LogP contribution in [-0.2, 0) is 14.3 Å². The molecule has 2 saturated heterocycles. The SMILES string of the molecule is O=C1CN(CCCC2CCCO2)C(=O)C2(CCCCC2)N1. The molecule has 2 amide bonds. The zero-order chi connectivity index (χ0) is 14.7. The monoisotopic (exact) mass is 294 g/mol. The predicted molar refractivity (Wildman–Crippen MR) is 78.7 cm³/mol. The molecule has 1 atom stereocenters. The number of nitrogens with one attached hydrogen (secondary N) is 1. The fourth-order valence-corrected chi connectivity index (χ4v) is 3.96. The minimum atomic E-state index is -0.586. The third kappa shape index (κ3) is 3.23. The Labute approximate surface area is 126 Å². The zero-order valence-corrected chi connectivity index (χ0v) is 12.7. The molecule has 118 valence electrons. The van der Waals surface area contributed by atoms with Crippen molar-refractivity contribution in [1.29, 1.82) is 0 Å². The number of carbonyl (C=O) groups excluding carboxylic acids is 2. The van der Waals surface area contributed by atoms with Gasteiger partial charge in [0.2, 0.25) is 11.8 Å². The van der Waals surface area contributed by atoms with Gasteiger partial charge >= 0.3 is 0 Å². The lowest BCUT2D eigenvalue weighted by molar-refractivity contribution is -0.151. The molecule has 3 aliphatic rings. The highest BCUT2D eigenvalue weighted by Crippen LogP contribution is 2.32. The van der Waals surface area contributed by atoms with Gasteiger partial charge in [-0.1, -0.05) is 19.3 Å². The molecule has 3 fully saturated rings. The summed E-state index contributed by atoms with van der Waals surface area (Å²) in [6, 6.07) is 0. The molecule has 0 radical (unpaired) electrons. The Bertz CT molecular complexity index is 398. The van der Waals surface area contributed by atoms with Crippen molar-refractivity contribution in [2.75, 3.05) is 19.7 Å². The lowest BCUT2D eigenvalue weighted by Crippen LogP contribution is -2.67. The van der Waals surface area contributed by atoms with Crippen molar-refractivity contribution in [3.63, 3.8) is 0 Å². The summed E-state index contributed by atoms with van der Waals surface area (Å²) >= 11 is 0. The average molecular weight is 294 g/mol. The van der Waals surface area contributed by atoms with E-state index in [9.17, 15) is 9.59 Å². The lowest BCUT2D eigenvalue weighted by Gasteiger charge is -2.44. The van der Waals surface area contributed by atoms with Crippen LogP contribution in [0, 0.1) is 0 Å². The number of nitrogens with zero attached hydrogens (tertiary/aromatic N) is 1. The highest BCUT2D eigenvalue weighted by Gasteiger charge is 2.46. The first-order valence-electron chi connectivity index (χ1n) is 8.42. The number of carbonyl (C=O) groups is 2. The normalized spacial score (nSPS) is 29.0. The Morgan fingerprint density at radius 2 is 2.00 bits per heavy atom. The van der Waals surface area contributed by atoms with E-state index in [4.69, 9.17) is 4.74 Å². The molecule has 1 N–H and O–H groups in total. The molecule has 0 aromatic carbocycles. The van der Waals surface area contributed by atoms with Crippen molar-refractivity contribution >= 4 is 11.8 Å². The number of hydrogen-bond donors (Lipinski definition) is 1. The topological polar surface area (TPSA) is 58.6 Å². The van der Waals surface area contributed by atoms with Gasteiger partial charge in [-0.2, -0.15) is 0 Å². The fourth-order valence-electron chi connectivity index (χ4n) is 3.96. The first-order chi connectivity index (χ1) is 10.2. The van der Waals surface area contributed by atoms with Crippen LogP contribution in [-0.4, -0.2) is 48.1 Å². The van der Waals surface area contributed by atoms with Crippen LogP contribution in [0.2, 0.25) is 0 Å². The van der Waals surface area contributed by atoms with Crippen LogP contribution >= 0.6 is 0 Å². The first-order valence-corrected chi connectivity index (χ1v) is 8.42. The van der Waals surface area contributed by atoms with Crippen molar-refractivity contribution in [2.45, 2.75) is 69.4 Å². The number of hydrogen-bond acceptors (Lipinski definition) is 3. The second-order valence-corrected chi connectivity index (χ2v) is 6.69. The molecule has 1 aliphatic carbocycles. The maximum absolute atomic E-state index is 12.8. The highest BCUT2D eigenvalue weighted by molar-refractivity contribution is 5.98. The van der Waals surface area contributed by atoms with Gasteiger partial charge < -0.3 is 15.0 Å². The average Bonchev–Trinajstić information content (AvgIpc) is 2.98. The van der Waals surface area contributed by atoms with Gasteiger partial charge in [-0.25, -0.2) is 0 Å². The molecule has 1 spiro atoms. The Kier molecular flexibility index (Phi) is 4.48. The maximum Gasteiger partial charge on any atom is 0.248 e. The predicted octanol–water partition coefficient (Wildman–Crippen LogP) is 1.61. The van der Waals surface area contributed by atoms with Crippen molar-refractivity contribution in [3.8, 4) is 0 Å². The fraction of sp³-hybridized carbons (Fsp3) is 0.875. The smallest absolute Gasteiger partial charge is 0.248 e. The van der Waals surface area contributed by atoms with Crippen LogP contribution in [0.15, 0.2) is 0 Å². The molecule has 0 aromatic rings. The molecule has 0 aromatic heterocycles. The molecule has 5 nitrogen and oxygen atoms in total. The second kappa shape index (κ2) is 6.34.